The number of benzene rings is 1. The monoisotopic (exact) mass is 1280 g/mol. The number of guanidine groups is 2. The first-order valence-corrected chi connectivity index (χ1v) is 30.0. The van der Waals surface area contributed by atoms with Gasteiger partial charge in [0.2, 0.25) is 70.9 Å². The van der Waals surface area contributed by atoms with Gasteiger partial charge in [-0.15, -0.1) is 0 Å². The van der Waals surface area contributed by atoms with Crippen molar-refractivity contribution in [1.29, 1.82) is 10.8 Å². The lowest BCUT2D eigenvalue weighted by atomic mass is 10.0. The van der Waals surface area contributed by atoms with Crippen LogP contribution in [0.3, 0.4) is 0 Å². The maximum absolute atomic E-state index is 14.6. The number of nitrogens with one attached hydrogen (secondary N) is 15. The first-order chi connectivity index (χ1) is 43.2. The van der Waals surface area contributed by atoms with Crippen molar-refractivity contribution in [1.82, 2.24) is 73.7 Å². The van der Waals surface area contributed by atoms with Crippen LogP contribution in [-0.2, 0) is 68.7 Å². The molecule has 0 radical (unpaired) electrons. The first kappa shape index (κ1) is 73.8. The van der Waals surface area contributed by atoms with E-state index in [0.29, 0.717) is 11.2 Å². The molecular weight excluding hydrogens is 1190 g/mol. The van der Waals surface area contributed by atoms with Crippen molar-refractivity contribution < 1.29 is 72.5 Å². The molecular formula is C56H88N20O15. The SMILES string of the molecule is CCC[C@@H]1NC(=O)[C@@H](NC(=O)CN)CCCCC(C(=O)N[C@@H](C)C(=O)N[C@@H](Cc2cc3ccccc3[nH]2)C(=O)N[C@@H](CCCNC(=N)N)C(=O)NC(C)C(N)=O)NC(=O)[C@H](CCCNC(=N)N)NC(=O)C2CCCN2C(=O)[C@H](CC(=O)O)NC(=O)[C@H](CO)NC1=O. The van der Waals surface area contributed by atoms with Gasteiger partial charge >= 0.3 is 5.97 Å². The Bertz CT molecular complexity index is 2930. The smallest absolute Gasteiger partial charge is 0.305 e. The molecule has 0 bridgehead atoms. The number of hydrogen-bond acceptors (Lipinski definition) is 17. The van der Waals surface area contributed by atoms with Crippen molar-refractivity contribution in [2.75, 3.05) is 32.8 Å². The zero-order chi connectivity index (χ0) is 67.5. The zero-order valence-corrected chi connectivity index (χ0v) is 51.1. The average molecular weight is 1280 g/mol. The van der Waals surface area contributed by atoms with Gasteiger partial charge in [-0.3, -0.25) is 73.1 Å². The zero-order valence-electron chi connectivity index (χ0n) is 51.1. The van der Waals surface area contributed by atoms with Gasteiger partial charge in [0, 0.05) is 37.3 Å². The third-order valence-electron chi connectivity index (χ3n) is 15.0. The van der Waals surface area contributed by atoms with Gasteiger partial charge in [0.25, 0.3) is 0 Å². The first-order valence-electron chi connectivity index (χ1n) is 30.0. The molecule has 25 N–H and O–H groups in total. The lowest BCUT2D eigenvalue weighted by Gasteiger charge is -2.30. The Labute approximate surface area is 524 Å². The Kier molecular flexibility index (Phi) is 29.8. The van der Waals surface area contributed by atoms with E-state index in [1.807, 2.05) is 0 Å². The Morgan fingerprint density at radius 2 is 1.27 bits per heavy atom. The molecule has 91 heavy (non-hydrogen) atoms. The Hall–Kier alpha value is -9.67. The van der Waals surface area contributed by atoms with Crippen LogP contribution < -0.4 is 86.7 Å². The Morgan fingerprint density at radius 3 is 1.91 bits per heavy atom. The number of aromatic amines is 1. The van der Waals surface area contributed by atoms with E-state index in [9.17, 15) is 72.5 Å². The number of aliphatic hydroxyl groups excluding tert-OH is 1. The Balaban J connectivity index is 1.75. The standard InChI is InChI=1S/C56H88N20O15/c1-4-12-33-48(85)75-40(27-77)52(89)74-39(25-43(79)80)54(91)76-22-11-19-41(76)53(90)72-37(18-10-21-64-56(61)62)50(87)70-35(16-8-7-15-34(49(86)69-33)68-42(78)26-57)47(84)66-29(3)45(82)73-38(24-31-23-30-13-5-6-14-32(30)67-31)51(88)71-36(17-9-20-63-55(59)60)46(83)65-28(2)44(58)81/h5-6,13-14,23,28-29,33-41,67,77H,4,7-12,15-22,24-27,57H2,1-3H3,(H2,58,81)(H,65,83)(H,66,84)(H,68,78)(H,69,86)(H,70,87)(H,71,88)(H,72,90)(H,73,82)(H,74,89)(H,75,85)(H,79,80)(H4,59,60,63)(H4,61,62,64)/t28?,29-,33-,34-,35?,36-,37-,38-,39-,40-,41?/m0/s1. The molecule has 12 amide bonds. The highest BCUT2D eigenvalue weighted by Crippen LogP contribution is 2.21. The molecule has 2 saturated heterocycles. The number of carbonyl (C=O) groups is 13. The molecule has 2 aliphatic heterocycles. The fourth-order valence-electron chi connectivity index (χ4n) is 10.1. The molecule has 2 aromatic rings. The summed E-state index contributed by atoms with van der Waals surface area (Å²) >= 11 is 0. The van der Waals surface area contributed by atoms with E-state index in [1.54, 1.807) is 37.3 Å². The van der Waals surface area contributed by atoms with E-state index in [2.05, 4.69) is 68.8 Å². The van der Waals surface area contributed by atoms with Crippen molar-refractivity contribution in [3.63, 3.8) is 0 Å². The van der Waals surface area contributed by atoms with Gasteiger partial charge in [0.05, 0.1) is 19.6 Å². The molecule has 11 atom stereocenters. The summed E-state index contributed by atoms with van der Waals surface area (Å²) in [7, 11) is 0. The molecule has 2 fully saturated rings. The number of primary amides is 1. The maximum atomic E-state index is 14.6. The van der Waals surface area contributed by atoms with Crippen LogP contribution in [0.4, 0.5) is 0 Å². The number of hydrogen-bond donors (Lipinski definition) is 21. The third kappa shape index (κ3) is 24.0. The predicted octanol–water partition coefficient (Wildman–Crippen LogP) is -6.60. The van der Waals surface area contributed by atoms with Gasteiger partial charge in [-0.05, 0) is 89.2 Å². The summed E-state index contributed by atoms with van der Waals surface area (Å²) in [4.78, 5) is 183. The normalized spacial score (nSPS) is 21.9. The van der Waals surface area contributed by atoms with Crippen LogP contribution in [0.1, 0.15) is 110 Å². The minimum atomic E-state index is -1.87. The highest BCUT2D eigenvalue weighted by atomic mass is 16.4. The lowest BCUT2D eigenvalue weighted by Crippen LogP contribution is -2.61. The molecule has 2 aliphatic rings. The number of carbonyl (C=O) groups excluding carboxylic acids is 12. The maximum Gasteiger partial charge on any atom is 0.305 e. The number of aliphatic carboxylic acids is 1. The van der Waals surface area contributed by atoms with Gasteiger partial charge in [0.15, 0.2) is 11.9 Å². The van der Waals surface area contributed by atoms with Crippen molar-refractivity contribution in [3.8, 4) is 0 Å². The van der Waals surface area contributed by atoms with Crippen molar-refractivity contribution in [2.24, 2.45) is 22.9 Å². The van der Waals surface area contributed by atoms with E-state index in [0.717, 1.165) is 10.3 Å². The molecule has 0 saturated carbocycles. The summed E-state index contributed by atoms with van der Waals surface area (Å²) in [6, 6.07) is -7.40. The highest BCUT2D eigenvalue weighted by Gasteiger charge is 2.41. The molecule has 0 spiro atoms. The number of para-hydroxylation sites is 1. The van der Waals surface area contributed by atoms with Crippen LogP contribution in [0.2, 0.25) is 0 Å². The molecule has 35 nitrogen and oxygen atoms in total. The number of amides is 12. The van der Waals surface area contributed by atoms with Gasteiger partial charge in [-0.2, -0.15) is 0 Å². The van der Waals surface area contributed by atoms with Gasteiger partial charge in [-0.25, -0.2) is 0 Å². The van der Waals surface area contributed by atoms with Crippen molar-refractivity contribution >= 4 is 99.7 Å². The number of nitrogens with zero attached hydrogens (tertiary/aromatic N) is 1. The summed E-state index contributed by atoms with van der Waals surface area (Å²) in [6.45, 7) is 2.68. The molecule has 4 rings (SSSR count). The number of carboxylic acids is 1. The molecule has 1 aromatic carbocycles. The highest BCUT2D eigenvalue weighted by molar-refractivity contribution is 6.00. The third-order valence-corrected chi connectivity index (χ3v) is 15.0. The number of H-pyrrole nitrogens is 1. The van der Waals surface area contributed by atoms with Gasteiger partial charge < -0.3 is 107 Å². The fourth-order valence-corrected chi connectivity index (χ4v) is 10.1. The molecule has 35 heteroatoms. The minimum Gasteiger partial charge on any atom is -0.481 e. The Morgan fingerprint density at radius 1 is 0.681 bits per heavy atom. The fraction of sp³-hybridized carbons (Fsp3) is 0.589. The van der Waals surface area contributed by atoms with Crippen molar-refractivity contribution in [3.05, 3.63) is 36.0 Å². The predicted molar refractivity (Wildman–Crippen MR) is 327 cm³/mol. The summed E-state index contributed by atoms with van der Waals surface area (Å²) in [5.41, 5.74) is 23.1. The minimum absolute atomic E-state index is 0.000520. The van der Waals surface area contributed by atoms with Crippen LogP contribution in [0.15, 0.2) is 30.3 Å². The second-order valence-corrected chi connectivity index (χ2v) is 22.2. The van der Waals surface area contributed by atoms with Crippen LogP contribution in [-0.4, -0.2) is 208 Å². The van der Waals surface area contributed by atoms with Crippen LogP contribution in [0.5, 0.6) is 0 Å². The van der Waals surface area contributed by atoms with Gasteiger partial charge in [-0.1, -0.05) is 44.4 Å². The quantitative estimate of drug-likeness (QED) is 0.0237. The largest absolute Gasteiger partial charge is 0.481 e. The molecule has 1 aromatic heterocycles. The molecule has 502 valence electrons. The molecule has 3 unspecified atom stereocenters. The summed E-state index contributed by atoms with van der Waals surface area (Å²) < 4.78 is 0. The number of aliphatic hydroxyl groups is 1. The average Bonchev–Trinajstić information content (AvgIpc) is 1.90. The van der Waals surface area contributed by atoms with E-state index >= 15 is 0 Å². The van der Waals surface area contributed by atoms with Crippen molar-refractivity contribution in [2.45, 2.75) is 177 Å². The topological polar surface area (TPSA) is 578 Å². The van der Waals surface area contributed by atoms with E-state index in [4.69, 9.17) is 33.8 Å². The van der Waals surface area contributed by atoms with E-state index < -0.39 is 169 Å². The van der Waals surface area contributed by atoms with E-state index in [-0.39, 0.29) is 109 Å². The number of aromatic nitrogens is 1. The number of carboxylic acid groups (broad SMARTS) is 1. The lowest BCUT2D eigenvalue weighted by molar-refractivity contribution is -0.146. The molecule has 3 heterocycles. The summed E-state index contributed by atoms with van der Waals surface area (Å²) in [5.74, 6) is -13.5. The van der Waals surface area contributed by atoms with Crippen LogP contribution >= 0.6 is 0 Å². The molecule has 0 aliphatic carbocycles. The van der Waals surface area contributed by atoms with E-state index in [1.165, 1.54) is 13.8 Å². The van der Waals surface area contributed by atoms with Crippen LogP contribution in [0, 0.1) is 10.8 Å². The number of nitrogens with two attached hydrogens (primary N) is 4. The van der Waals surface area contributed by atoms with Crippen LogP contribution in [0.25, 0.3) is 10.9 Å². The second-order valence-electron chi connectivity index (χ2n) is 22.2. The second kappa shape index (κ2) is 36.7. The van der Waals surface area contributed by atoms with Gasteiger partial charge in [0.1, 0.15) is 66.5 Å². The number of fused-ring (bicyclic) bond motifs is 2. The number of rotatable bonds is 26. The summed E-state index contributed by atoms with van der Waals surface area (Å²) in [6.07, 6.45) is -1.16. The summed E-state index contributed by atoms with van der Waals surface area (Å²) in [5, 5.41) is 66.4.